The van der Waals surface area contributed by atoms with E-state index < -0.39 is 76.3 Å². The van der Waals surface area contributed by atoms with Crippen LogP contribution in [-0.4, -0.2) is 31.6 Å². The summed E-state index contributed by atoms with van der Waals surface area (Å²) >= 11 is 0. The summed E-state index contributed by atoms with van der Waals surface area (Å²) in [7, 11) is 0. The maximum absolute atomic E-state index is 12.9. The van der Waals surface area contributed by atoms with Crippen molar-refractivity contribution in [2.75, 3.05) is 0 Å². The Morgan fingerprint density at radius 1 is 0.514 bits per heavy atom. The van der Waals surface area contributed by atoms with Crippen LogP contribution < -0.4 is 0 Å². The van der Waals surface area contributed by atoms with Crippen LogP contribution in [0.15, 0.2) is 60.7 Å². The van der Waals surface area contributed by atoms with E-state index in [4.69, 9.17) is 4.74 Å². The zero-order chi connectivity index (χ0) is 27.0. The molecule has 37 heavy (non-hydrogen) atoms. The Morgan fingerprint density at radius 2 is 0.838 bits per heavy atom. The molecule has 0 aromatic heterocycles. The third kappa shape index (κ3) is 4.12. The fourth-order valence-corrected chi connectivity index (χ4v) is 3.90. The number of ether oxygens (including phenoxy) is 1. The Labute approximate surface area is 203 Å². The van der Waals surface area contributed by atoms with Crippen LogP contribution >= 0.6 is 0 Å². The van der Waals surface area contributed by atoms with E-state index in [0.717, 1.165) is 36.4 Å². The molecular formula is C22H10N4O11. The Kier molecular flexibility index (Phi) is 5.95. The fourth-order valence-electron chi connectivity index (χ4n) is 3.90. The van der Waals surface area contributed by atoms with Crippen molar-refractivity contribution >= 4 is 56.2 Å². The standard InChI is InChI=1S/C22H10N4O11/c27-21(13-7-9-17(25(33)34)19-11(13)3-1-5-15(19)23(29)30)37-22(28)14-8-10-18(26(35)36)20-12(14)4-2-6-16(20)24(31)32/h1-10H. The molecule has 0 unspecified atom stereocenters. The molecule has 0 atom stereocenters. The second-order valence-corrected chi connectivity index (χ2v) is 7.37. The van der Waals surface area contributed by atoms with Crippen LogP contribution in [0.4, 0.5) is 22.7 Å². The summed E-state index contributed by atoms with van der Waals surface area (Å²) in [6.45, 7) is 0. The van der Waals surface area contributed by atoms with E-state index in [1.807, 2.05) is 0 Å². The number of carbonyl (C=O) groups excluding carboxylic acids is 2. The van der Waals surface area contributed by atoms with E-state index in [-0.39, 0.29) is 10.8 Å². The van der Waals surface area contributed by atoms with Crippen molar-refractivity contribution in [3.63, 3.8) is 0 Å². The first kappa shape index (κ1) is 24.3. The van der Waals surface area contributed by atoms with E-state index in [2.05, 4.69) is 0 Å². The number of nitro benzene ring substituents is 4. The number of carbonyl (C=O) groups is 2. The van der Waals surface area contributed by atoms with E-state index >= 15 is 0 Å². The minimum atomic E-state index is -1.33. The van der Waals surface area contributed by atoms with Crippen LogP contribution in [-0.2, 0) is 4.74 Å². The number of nitro groups is 4. The number of non-ortho nitro benzene ring substituents is 4. The molecule has 15 nitrogen and oxygen atoms in total. The molecule has 4 aromatic carbocycles. The summed E-state index contributed by atoms with van der Waals surface area (Å²) in [5.74, 6) is -2.66. The van der Waals surface area contributed by atoms with Gasteiger partial charge in [-0.1, -0.05) is 24.3 Å². The van der Waals surface area contributed by atoms with E-state index in [0.29, 0.717) is 0 Å². The summed E-state index contributed by atoms with van der Waals surface area (Å²) in [4.78, 5) is 68.0. The molecule has 0 spiro atoms. The number of nitrogens with zero attached hydrogens (tertiary/aromatic N) is 4. The van der Waals surface area contributed by atoms with Gasteiger partial charge in [-0.2, -0.15) is 0 Å². The molecule has 0 radical (unpaired) electrons. The Bertz CT molecular complexity index is 1550. The number of hydrogen-bond acceptors (Lipinski definition) is 11. The highest BCUT2D eigenvalue weighted by atomic mass is 16.6. The third-order valence-corrected chi connectivity index (χ3v) is 5.41. The quantitative estimate of drug-likeness (QED) is 0.152. The van der Waals surface area contributed by atoms with E-state index in [9.17, 15) is 50.0 Å². The highest BCUT2D eigenvalue weighted by Gasteiger charge is 2.29. The van der Waals surface area contributed by atoms with Crippen molar-refractivity contribution in [1.29, 1.82) is 0 Å². The molecule has 0 heterocycles. The lowest BCUT2D eigenvalue weighted by Gasteiger charge is -2.09. The first-order valence-corrected chi connectivity index (χ1v) is 9.98. The lowest BCUT2D eigenvalue weighted by Crippen LogP contribution is -2.14. The van der Waals surface area contributed by atoms with Gasteiger partial charge in [0.1, 0.15) is 10.8 Å². The largest absolute Gasteiger partial charge is 0.386 e. The molecule has 0 aliphatic heterocycles. The number of fused-ring (bicyclic) bond motifs is 2. The second kappa shape index (κ2) is 9.06. The molecule has 0 amide bonds. The molecule has 0 fully saturated rings. The van der Waals surface area contributed by atoms with Crippen LogP contribution in [0.3, 0.4) is 0 Å². The van der Waals surface area contributed by atoms with Crippen LogP contribution in [0, 0.1) is 40.5 Å². The van der Waals surface area contributed by atoms with Crippen molar-refractivity contribution in [3.8, 4) is 0 Å². The number of esters is 2. The van der Waals surface area contributed by atoms with E-state index in [1.54, 1.807) is 0 Å². The van der Waals surface area contributed by atoms with Crippen LogP contribution in [0.25, 0.3) is 21.5 Å². The molecule has 0 saturated carbocycles. The third-order valence-electron chi connectivity index (χ3n) is 5.41. The molecule has 0 bridgehead atoms. The first-order chi connectivity index (χ1) is 17.5. The maximum atomic E-state index is 12.9. The molecule has 0 aliphatic rings. The zero-order valence-electron chi connectivity index (χ0n) is 18.1. The van der Waals surface area contributed by atoms with Crippen LogP contribution in [0.2, 0.25) is 0 Å². The second-order valence-electron chi connectivity index (χ2n) is 7.37. The number of benzene rings is 4. The number of hydrogen-bond donors (Lipinski definition) is 0. The first-order valence-electron chi connectivity index (χ1n) is 9.98. The minimum absolute atomic E-state index is 0.231. The van der Waals surface area contributed by atoms with Gasteiger partial charge in [-0.25, -0.2) is 9.59 Å². The zero-order valence-corrected chi connectivity index (χ0v) is 18.1. The summed E-state index contributed by atoms with van der Waals surface area (Å²) in [6.07, 6.45) is 0. The number of rotatable bonds is 6. The van der Waals surface area contributed by atoms with Gasteiger partial charge in [0.05, 0.1) is 30.8 Å². The van der Waals surface area contributed by atoms with Gasteiger partial charge in [-0.05, 0) is 12.1 Å². The van der Waals surface area contributed by atoms with Gasteiger partial charge in [0.25, 0.3) is 22.7 Å². The van der Waals surface area contributed by atoms with Gasteiger partial charge in [0, 0.05) is 35.0 Å². The molecule has 4 rings (SSSR count). The highest BCUT2D eigenvalue weighted by Crippen LogP contribution is 2.37. The summed E-state index contributed by atoms with van der Waals surface area (Å²) in [5, 5.41) is 44.3. The fraction of sp³-hybridized carbons (Fsp3) is 0. The molecular weight excluding hydrogens is 496 g/mol. The highest BCUT2D eigenvalue weighted by molar-refractivity contribution is 6.16. The summed E-state index contributed by atoms with van der Waals surface area (Å²) in [5.41, 5.74) is -3.43. The molecule has 184 valence electrons. The lowest BCUT2D eigenvalue weighted by molar-refractivity contribution is -0.390. The average molecular weight is 506 g/mol. The van der Waals surface area contributed by atoms with Gasteiger partial charge in [-0.3, -0.25) is 40.5 Å². The van der Waals surface area contributed by atoms with Crippen molar-refractivity contribution < 1.29 is 34.0 Å². The van der Waals surface area contributed by atoms with Crippen molar-refractivity contribution in [2.24, 2.45) is 0 Å². The van der Waals surface area contributed by atoms with Gasteiger partial charge in [0.2, 0.25) is 0 Å². The van der Waals surface area contributed by atoms with Crippen LogP contribution in [0.5, 0.6) is 0 Å². The van der Waals surface area contributed by atoms with Gasteiger partial charge in [0.15, 0.2) is 0 Å². The normalized spacial score (nSPS) is 10.7. The SMILES string of the molecule is O=C(OC(=O)c1ccc([N+](=O)[O-])c2c([N+](=O)[O-])cccc12)c1ccc([N+](=O)[O-])c2c([N+](=O)[O-])cccc12. The molecule has 0 aliphatic carbocycles. The van der Waals surface area contributed by atoms with Gasteiger partial charge >= 0.3 is 11.9 Å². The van der Waals surface area contributed by atoms with Crippen LogP contribution in [0.1, 0.15) is 20.7 Å². The van der Waals surface area contributed by atoms with Crippen molar-refractivity contribution in [3.05, 3.63) is 112 Å². The Balaban J connectivity index is 1.83. The molecule has 0 saturated heterocycles. The van der Waals surface area contributed by atoms with E-state index in [1.165, 1.54) is 24.3 Å². The molecule has 0 N–H and O–H groups in total. The minimum Gasteiger partial charge on any atom is -0.386 e. The predicted octanol–water partition coefficient (Wildman–Crippen LogP) is 4.62. The average Bonchev–Trinajstić information content (AvgIpc) is 2.85. The summed E-state index contributed by atoms with van der Waals surface area (Å²) in [6, 6.07) is 10.4. The summed E-state index contributed by atoms with van der Waals surface area (Å²) < 4.78 is 4.88. The lowest BCUT2D eigenvalue weighted by atomic mass is 10.0. The van der Waals surface area contributed by atoms with Crippen molar-refractivity contribution in [2.45, 2.75) is 0 Å². The smallest absolute Gasteiger partial charge is 0.346 e. The van der Waals surface area contributed by atoms with Gasteiger partial charge < -0.3 is 4.74 Å². The molecule has 4 aromatic rings. The maximum Gasteiger partial charge on any atom is 0.346 e. The Morgan fingerprint density at radius 3 is 1.16 bits per heavy atom. The topological polar surface area (TPSA) is 216 Å². The Hall–Kier alpha value is -5.86. The van der Waals surface area contributed by atoms with Crippen molar-refractivity contribution in [1.82, 2.24) is 0 Å². The predicted molar refractivity (Wildman–Crippen MR) is 124 cm³/mol. The molecule has 15 heteroatoms. The monoisotopic (exact) mass is 506 g/mol. The van der Waals surface area contributed by atoms with Gasteiger partial charge in [-0.15, -0.1) is 0 Å².